The van der Waals surface area contributed by atoms with Crippen LogP contribution in [0.3, 0.4) is 0 Å². The van der Waals surface area contributed by atoms with Crippen molar-refractivity contribution in [3.63, 3.8) is 0 Å². The minimum Gasteiger partial charge on any atom is -0.313 e. The standard InChI is InChI=1S/C15H22N2O2S/c1-12-3-4-13(2)15(11-12)20(18,19)17-10-7-14-5-8-16-9-6-14/h3-5,11,16-17H,6-10H2,1-2H3. The summed E-state index contributed by atoms with van der Waals surface area (Å²) >= 11 is 0. The molecule has 1 aromatic carbocycles. The molecular weight excluding hydrogens is 272 g/mol. The number of aryl methyl sites for hydroxylation is 2. The van der Waals surface area contributed by atoms with Crippen LogP contribution in [0.1, 0.15) is 24.0 Å². The third-order valence-corrected chi connectivity index (χ3v) is 5.13. The fraction of sp³-hybridized carbons (Fsp3) is 0.467. The first-order valence-electron chi connectivity index (χ1n) is 6.94. The zero-order valence-corrected chi connectivity index (χ0v) is 12.9. The van der Waals surface area contributed by atoms with Crippen LogP contribution >= 0.6 is 0 Å². The average molecular weight is 294 g/mol. The highest BCUT2D eigenvalue weighted by atomic mass is 32.2. The largest absolute Gasteiger partial charge is 0.313 e. The molecule has 5 heteroatoms. The van der Waals surface area contributed by atoms with E-state index in [0.29, 0.717) is 11.4 Å². The van der Waals surface area contributed by atoms with Gasteiger partial charge in [-0.15, -0.1) is 0 Å². The molecule has 2 N–H and O–H groups in total. The first-order chi connectivity index (χ1) is 9.49. The molecule has 0 aromatic heterocycles. The monoisotopic (exact) mass is 294 g/mol. The smallest absolute Gasteiger partial charge is 0.240 e. The molecule has 110 valence electrons. The molecule has 1 aliphatic rings. The molecule has 0 saturated carbocycles. The Balaban J connectivity index is 2.00. The zero-order valence-electron chi connectivity index (χ0n) is 12.1. The highest BCUT2D eigenvalue weighted by molar-refractivity contribution is 7.89. The average Bonchev–Trinajstić information content (AvgIpc) is 2.42. The van der Waals surface area contributed by atoms with E-state index in [1.807, 2.05) is 26.0 Å². The summed E-state index contributed by atoms with van der Waals surface area (Å²) in [5.41, 5.74) is 3.06. The molecule has 0 radical (unpaired) electrons. The Morgan fingerprint density at radius 1 is 1.30 bits per heavy atom. The van der Waals surface area contributed by atoms with E-state index >= 15 is 0 Å². The Kier molecular flexibility index (Phi) is 4.96. The van der Waals surface area contributed by atoms with Crippen LogP contribution in [-0.2, 0) is 10.0 Å². The molecule has 0 saturated heterocycles. The van der Waals surface area contributed by atoms with Gasteiger partial charge in [0, 0.05) is 13.1 Å². The molecule has 0 bridgehead atoms. The van der Waals surface area contributed by atoms with Crippen molar-refractivity contribution in [2.24, 2.45) is 0 Å². The summed E-state index contributed by atoms with van der Waals surface area (Å²) < 4.78 is 27.3. The van der Waals surface area contributed by atoms with E-state index in [1.54, 1.807) is 6.07 Å². The van der Waals surface area contributed by atoms with Crippen LogP contribution < -0.4 is 10.0 Å². The van der Waals surface area contributed by atoms with Gasteiger partial charge in [-0.25, -0.2) is 13.1 Å². The Morgan fingerprint density at radius 2 is 2.10 bits per heavy atom. The number of hydrogen-bond acceptors (Lipinski definition) is 3. The maximum atomic E-state index is 12.3. The second kappa shape index (κ2) is 6.52. The van der Waals surface area contributed by atoms with Crippen LogP contribution in [0.25, 0.3) is 0 Å². The lowest BCUT2D eigenvalue weighted by molar-refractivity contribution is 0.579. The van der Waals surface area contributed by atoms with Gasteiger partial charge in [-0.1, -0.05) is 23.8 Å². The van der Waals surface area contributed by atoms with E-state index < -0.39 is 10.0 Å². The summed E-state index contributed by atoms with van der Waals surface area (Å²) in [4.78, 5) is 0.386. The Morgan fingerprint density at radius 3 is 2.80 bits per heavy atom. The van der Waals surface area contributed by atoms with Crippen LogP contribution in [0.5, 0.6) is 0 Å². The molecule has 1 aliphatic heterocycles. The lowest BCUT2D eigenvalue weighted by atomic mass is 10.1. The maximum Gasteiger partial charge on any atom is 0.240 e. The SMILES string of the molecule is Cc1ccc(C)c(S(=O)(=O)NCCC2=CCNCC2)c1. The van der Waals surface area contributed by atoms with Crippen molar-refractivity contribution in [3.05, 3.63) is 41.0 Å². The van der Waals surface area contributed by atoms with E-state index in [2.05, 4.69) is 16.1 Å². The van der Waals surface area contributed by atoms with Gasteiger partial charge in [0.05, 0.1) is 4.90 Å². The second-order valence-electron chi connectivity index (χ2n) is 5.23. The summed E-state index contributed by atoms with van der Waals surface area (Å²) in [6, 6.07) is 5.49. The van der Waals surface area contributed by atoms with Gasteiger partial charge in [0.2, 0.25) is 10.0 Å². The van der Waals surface area contributed by atoms with Gasteiger partial charge in [-0.2, -0.15) is 0 Å². The Hall–Kier alpha value is -1.17. The van der Waals surface area contributed by atoms with Crippen LogP contribution in [-0.4, -0.2) is 28.1 Å². The van der Waals surface area contributed by atoms with Crippen LogP contribution in [0.15, 0.2) is 34.7 Å². The topological polar surface area (TPSA) is 58.2 Å². The van der Waals surface area contributed by atoms with Gasteiger partial charge in [-0.05, 0) is 50.4 Å². The van der Waals surface area contributed by atoms with Crippen molar-refractivity contribution in [3.8, 4) is 0 Å². The molecule has 0 aliphatic carbocycles. The molecule has 20 heavy (non-hydrogen) atoms. The molecule has 0 spiro atoms. The third kappa shape index (κ3) is 3.91. The van der Waals surface area contributed by atoms with Crippen molar-refractivity contribution in [2.75, 3.05) is 19.6 Å². The Bertz CT molecular complexity index is 606. The van der Waals surface area contributed by atoms with Gasteiger partial charge in [0.25, 0.3) is 0 Å². The van der Waals surface area contributed by atoms with Crippen LogP contribution in [0.2, 0.25) is 0 Å². The van der Waals surface area contributed by atoms with E-state index in [9.17, 15) is 8.42 Å². The summed E-state index contributed by atoms with van der Waals surface area (Å²) in [6.07, 6.45) is 3.94. The van der Waals surface area contributed by atoms with Crippen LogP contribution in [0, 0.1) is 13.8 Å². The predicted octanol–water partition coefficient (Wildman–Crippen LogP) is 1.89. The number of sulfonamides is 1. The van der Waals surface area contributed by atoms with Crippen molar-refractivity contribution in [1.82, 2.24) is 10.0 Å². The maximum absolute atomic E-state index is 12.3. The lowest BCUT2D eigenvalue weighted by Crippen LogP contribution is -2.27. The summed E-state index contributed by atoms with van der Waals surface area (Å²) in [5, 5.41) is 3.25. The summed E-state index contributed by atoms with van der Waals surface area (Å²) in [5.74, 6) is 0. The van der Waals surface area contributed by atoms with Crippen molar-refractivity contribution in [1.29, 1.82) is 0 Å². The molecule has 0 atom stereocenters. The fourth-order valence-corrected chi connectivity index (χ4v) is 3.68. The van der Waals surface area contributed by atoms with Crippen LogP contribution in [0.4, 0.5) is 0 Å². The predicted molar refractivity (Wildman–Crippen MR) is 81.3 cm³/mol. The highest BCUT2D eigenvalue weighted by Gasteiger charge is 2.16. The van der Waals surface area contributed by atoms with Crippen molar-refractivity contribution in [2.45, 2.75) is 31.6 Å². The normalized spacial score (nSPS) is 16.0. The summed E-state index contributed by atoms with van der Waals surface area (Å²) in [7, 11) is -3.41. The van der Waals surface area contributed by atoms with Gasteiger partial charge in [0.15, 0.2) is 0 Å². The first-order valence-corrected chi connectivity index (χ1v) is 8.43. The third-order valence-electron chi connectivity index (χ3n) is 3.53. The Labute approximate surface area is 121 Å². The number of rotatable bonds is 5. The molecule has 1 aromatic rings. The summed E-state index contributed by atoms with van der Waals surface area (Å²) in [6.45, 7) is 6.05. The fourth-order valence-electron chi connectivity index (χ4n) is 2.32. The van der Waals surface area contributed by atoms with Crippen molar-refractivity contribution < 1.29 is 8.42 Å². The molecule has 0 amide bonds. The van der Waals surface area contributed by atoms with Crippen molar-refractivity contribution >= 4 is 10.0 Å². The molecule has 2 rings (SSSR count). The number of nitrogens with one attached hydrogen (secondary N) is 2. The molecule has 0 fully saturated rings. The van der Waals surface area contributed by atoms with Gasteiger partial charge in [-0.3, -0.25) is 0 Å². The molecular formula is C15H22N2O2S. The number of hydrogen-bond donors (Lipinski definition) is 2. The lowest BCUT2D eigenvalue weighted by Gasteiger charge is -2.15. The second-order valence-corrected chi connectivity index (χ2v) is 6.97. The van der Waals surface area contributed by atoms with E-state index in [1.165, 1.54) is 5.57 Å². The van der Waals surface area contributed by atoms with Gasteiger partial charge in [0.1, 0.15) is 0 Å². The molecule has 4 nitrogen and oxygen atoms in total. The van der Waals surface area contributed by atoms with E-state index in [-0.39, 0.29) is 0 Å². The number of benzene rings is 1. The molecule has 0 unspecified atom stereocenters. The van der Waals surface area contributed by atoms with E-state index in [4.69, 9.17) is 0 Å². The first kappa shape index (κ1) is 15.2. The quantitative estimate of drug-likeness (QED) is 0.815. The minimum atomic E-state index is -3.41. The highest BCUT2D eigenvalue weighted by Crippen LogP contribution is 2.17. The molecule has 1 heterocycles. The van der Waals surface area contributed by atoms with Gasteiger partial charge < -0.3 is 5.32 Å². The van der Waals surface area contributed by atoms with E-state index in [0.717, 1.165) is 37.1 Å². The minimum absolute atomic E-state index is 0.386. The van der Waals surface area contributed by atoms with Gasteiger partial charge >= 0.3 is 0 Å². The zero-order chi connectivity index (χ0) is 14.6.